The number of non-ortho nitro benzene ring substituents is 1. The topological polar surface area (TPSA) is 87.2 Å². The number of benzene rings is 2. The van der Waals surface area contributed by atoms with E-state index in [0.29, 0.717) is 14.7 Å². The van der Waals surface area contributed by atoms with Crippen molar-refractivity contribution in [1.29, 1.82) is 5.26 Å². The number of rotatable bonds is 3. The fourth-order valence-corrected chi connectivity index (χ4v) is 2.26. The molecule has 0 spiro atoms. The Morgan fingerprint density at radius 2 is 1.95 bits per heavy atom. The van der Waals surface area contributed by atoms with Crippen molar-refractivity contribution in [2.75, 3.05) is 0 Å². The molecule has 104 valence electrons. The smallest absolute Gasteiger partial charge is 0.269 e. The monoisotopic (exact) mass is 392 g/mol. The van der Waals surface area contributed by atoms with E-state index in [1.54, 1.807) is 36.4 Å². The number of nitriles is 1. The highest BCUT2D eigenvalue weighted by Gasteiger charge is 2.07. The van der Waals surface area contributed by atoms with Gasteiger partial charge in [0.15, 0.2) is 0 Å². The van der Waals surface area contributed by atoms with Gasteiger partial charge in [-0.15, -0.1) is 0 Å². The Hall–Kier alpha value is -2.40. The highest BCUT2D eigenvalue weighted by atomic mass is 127. The molecular weight excluding hydrogens is 383 g/mol. The number of nitrogens with zero attached hydrogens (tertiary/aromatic N) is 2. The van der Waals surface area contributed by atoms with E-state index in [-0.39, 0.29) is 11.4 Å². The first kappa shape index (κ1) is 15.0. The summed E-state index contributed by atoms with van der Waals surface area (Å²) in [5.74, 6) is 0.182. The van der Waals surface area contributed by atoms with Gasteiger partial charge in [-0.25, -0.2) is 0 Å². The average molecular weight is 392 g/mol. The van der Waals surface area contributed by atoms with Crippen molar-refractivity contribution < 1.29 is 10.0 Å². The molecule has 0 saturated carbocycles. The molecule has 2 aromatic carbocycles. The minimum Gasteiger partial charge on any atom is -0.507 e. The van der Waals surface area contributed by atoms with Crippen LogP contribution in [0.15, 0.2) is 42.5 Å². The number of nitro benzene ring substituents is 1. The Labute approximate surface area is 134 Å². The second-order valence-corrected chi connectivity index (χ2v) is 5.35. The van der Waals surface area contributed by atoms with Gasteiger partial charge in [0.1, 0.15) is 5.75 Å². The van der Waals surface area contributed by atoms with Gasteiger partial charge >= 0.3 is 0 Å². The van der Waals surface area contributed by atoms with Crippen LogP contribution in [0.1, 0.15) is 11.1 Å². The van der Waals surface area contributed by atoms with Crippen LogP contribution in [0.4, 0.5) is 5.69 Å². The first-order valence-corrected chi connectivity index (χ1v) is 6.94. The first-order valence-electron chi connectivity index (χ1n) is 5.86. The number of allylic oxidation sites excluding steroid dienone is 1. The van der Waals surface area contributed by atoms with E-state index in [1.165, 1.54) is 12.1 Å². The van der Waals surface area contributed by atoms with Gasteiger partial charge in [0.2, 0.25) is 0 Å². The molecule has 21 heavy (non-hydrogen) atoms. The molecule has 0 saturated heterocycles. The van der Waals surface area contributed by atoms with Crippen molar-refractivity contribution >= 4 is 39.9 Å². The van der Waals surface area contributed by atoms with E-state index in [0.717, 1.165) is 5.56 Å². The van der Waals surface area contributed by atoms with Crippen molar-refractivity contribution in [3.8, 4) is 11.8 Å². The summed E-state index contributed by atoms with van der Waals surface area (Å²) < 4.78 is 0.683. The molecule has 0 aromatic heterocycles. The quantitative estimate of drug-likeness (QED) is 0.282. The fraction of sp³-hybridized carbons (Fsp3) is 0. The van der Waals surface area contributed by atoms with Gasteiger partial charge in [-0.3, -0.25) is 10.1 Å². The zero-order chi connectivity index (χ0) is 15.4. The van der Waals surface area contributed by atoms with Gasteiger partial charge in [0.05, 0.1) is 20.1 Å². The molecule has 0 aliphatic heterocycles. The van der Waals surface area contributed by atoms with Crippen LogP contribution in [0.5, 0.6) is 5.75 Å². The fourth-order valence-electron chi connectivity index (χ4n) is 1.72. The number of nitro groups is 1. The van der Waals surface area contributed by atoms with Gasteiger partial charge in [-0.2, -0.15) is 5.26 Å². The number of phenols is 1. The highest BCUT2D eigenvalue weighted by molar-refractivity contribution is 14.1. The Morgan fingerprint density at radius 1 is 1.29 bits per heavy atom. The van der Waals surface area contributed by atoms with Gasteiger partial charge in [0.25, 0.3) is 5.69 Å². The molecule has 6 heteroatoms. The summed E-state index contributed by atoms with van der Waals surface area (Å²) >= 11 is 2.00. The van der Waals surface area contributed by atoms with E-state index in [2.05, 4.69) is 6.07 Å². The lowest BCUT2D eigenvalue weighted by Gasteiger charge is -2.02. The second kappa shape index (κ2) is 6.37. The molecule has 0 heterocycles. The summed E-state index contributed by atoms with van der Waals surface area (Å²) in [4.78, 5) is 10.1. The van der Waals surface area contributed by atoms with Crippen LogP contribution >= 0.6 is 22.6 Å². The molecule has 5 nitrogen and oxygen atoms in total. The van der Waals surface area contributed by atoms with Crippen LogP contribution in [0, 0.1) is 25.0 Å². The molecule has 2 aromatic rings. The van der Waals surface area contributed by atoms with Gasteiger partial charge in [-0.1, -0.05) is 6.07 Å². The van der Waals surface area contributed by atoms with E-state index < -0.39 is 4.92 Å². The third-order valence-electron chi connectivity index (χ3n) is 2.79. The third kappa shape index (κ3) is 3.58. The molecule has 2 rings (SSSR count). The Bertz CT molecular complexity index is 761. The van der Waals surface area contributed by atoms with Crippen LogP contribution in [-0.2, 0) is 0 Å². The summed E-state index contributed by atoms with van der Waals surface area (Å²) in [7, 11) is 0. The molecule has 1 N–H and O–H groups in total. The van der Waals surface area contributed by atoms with Crippen molar-refractivity contribution in [1.82, 2.24) is 0 Å². The molecular formula is C15H9IN2O3. The molecule has 0 aliphatic rings. The molecule has 0 aliphatic carbocycles. The number of hydrogen-bond donors (Lipinski definition) is 1. The van der Waals surface area contributed by atoms with E-state index >= 15 is 0 Å². The van der Waals surface area contributed by atoms with Crippen LogP contribution in [0.2, 0.25) is 0 Å². The lowest BCUT2D eigenvalue weighted by atomic mass is 10.0. The summed E-state index contributed by atoms with van der Waals surface area (Å²) in [6, 6.07) is 12.9. The van der Waals surface area contributed by atoms with E-state index in [1.807, 2.05) is 22.6 Å². The SMILES string of the molecule is N#C/C(=C/c1ccc(O)c(I)c1)c1ccc([N+](=O)[O-])cc1. The molecule has 0 atom stereocenters. The number of hydrogen-bond acceptors (Lipinski definition) is 4. The second-order valence-electron chi connectivity index (χ2n) is 4.18. The maximum absolute atomic E-state index is 10.6. The largest absolute Gasteiger partial charge is 0.507 e. The van der Waals surface area contributed by atoms with Gasteiger partial charge in [-0.05, 0) is 64.1 Å². The van der Waals surface area contributed by atoms with Gasteiger partial charge < -0.3 is 5.11 Å². The lowest BCUT2D eigenvalue weighted by Crippen LogP contribution is -1.88. The molecule has 0 fully saturated rings. The standard InChI is InChI=1S/C15H9IN2O3/c16-14-8-10(1-6-15(14)19)7-12(9-17)11-2-4-13(5-3-11)18(20)21/h1-8,19H/b12-7-. The van der Waals surface area contributed by atoms with Crippen LogP contribution in [0.3, 0.4) is 0 Å². The minimum absolute atomic E-state index is 0.0183. The maximum Gasteiger partial charge on any atom is 0.269 e. The lowest BCUT2D eigenvalue weighted by molar-refractivity contribution is -0.384. The third-order valence-corrected chi connectivity index (χ3v) is 3.66. The van der Waals surface area contributed by atoms with Crippen molar-refractivity contribution in [2.45, 2.75) is 0 Å². The summed E-state index contributed by atoms with van der Waals surface area (Å²) in [6.07, 6.45) is 1.67. The predicted octanol–water partition coefficient (Wildman–Crippen LogP) is 3.97. The molecule has 0 amide bonds. The van der Waals surface area contributed by atoms with E-state index in [9.17, 15) is 20.5 Å². The molecule has 0 radical (unpaired) electrons. The van der Waals surface area contributed by atoms with Gasteiger partial charge in [0, 0.05) is 12.1 Å². The van der Waals surface area contributed by atoms with Crippen LogP contribution < -0.4 is 0 Å². The first-order chi connectivity index (χ1) is 10.0. The zero-order valence-corrected chi connectivity index (χ0v) is 12.8. The summed E-state index contributed by atoms with van der Waals surface area (Å²) in [6.45, 7) is 0. The number of halogens is 1. The Balaban J connectivity index is 2.39. The van der Waals surface area contributed by atoms with Crippen LogP contribution in [0.25, 0.3) is 11.6 Å². The normalized spacial score (nSPS) is 11.0. The summed E-state index contributed by atoms with van der Waals surface area (Å²) in [5.41, 5.74) is 1.75. The maximum atomic E-state index is 10.6. The van der Waals surface area contributed by atoms with Crippen molar-refractivity contribution in [3.05, 3.63) is 67.3 Å². The van der Waals surface area contributed by atoms with E-state index in [4.69, 9.17) is 0 Å². The van der Waals surface area contributed by atoms with Crippen molar-refractivity contribution in [2.24, 2.45) is 0 Å². The predicted molar refractivity (Wildman–Crippen MR) is 87.4 cm³/mol. The Kier molecular flexibility index (Phi) is 4.55. The summed E-state index contributed by atoms with van der Waals surface area (Å²) in [5, 5.41) is 29.3. The van der Waals surface area contributed by atoms with Crippen molar-refractivity contribution in [3.63, 3.8) is 0 Å². The van der Waals surface area contributed by atoms with Crippen LogP contribution in [-0.4, -0.2) is 10.0 Å². The molecule has 0 bridgehead atoms. The zero-order valence-electron chi connectivity index (χ0n) is 10.7. The number of phenolic OH excluding ortho intramolecular Hbond substituents is 1. The Morgan fingerprint density at radius 3 is 2.48 bits per heavy atom. The average Bonchev–Trinajstić information content (AvgIpc) is 2.48. The minimum atomic E-state index is -0.484. The highest BCUT2D eigenvalue weighted by Crippen LogP contribution is 2.24. The number of aromatic hydroxyl groups is 1. The molecule has 0 unspecified atom stereocenters.